The molecule has 2 atom stereocenters. The lowest BCUT2D eigenvalue weighted by molar-refractivity contribution is -0.130. The van der Waals surface area contributed by atoms with E-state index in [-0.39, 0.29) is 18.1 Å². The third-order valence-electron chi connectivity index (χ3n) is 4.07. The van der Waals surface area contributed by atoms with Crippen LogP contribution < -0.4 is 5.32 Å². The second-order valence-corrected chi connectivity index (χ2v) is 7.18. The van der Waals surface area contributed by atoms with Crippen molar-refractivity contribution in [3.63, 3.8) is 0 Å². The molecule has 0 bridgehead atoms. The van der Waals surface area contributed by atoms with Crippen molar-refractivity contribution >= 4 is 17.2 Å². The molecule has 2 unspecified atom stereocenters. The number of amides is 1. The Morgan fingerprint density at radius 1 is 1.33 bits per heavy atom. The van der Waals surface area contributed by atoms with E-state index < -0.39 is 0 Å². The van der Waals surface area contributed by atoms with E-state index >= 15 is 0 Å². The van der Waals surface area contributed by atoms with Crippen LogP contribution in [0.25, 0.3) is 0 Å². The molecular weight excluding hydrogens is 280 g/mol. The molecule has 0 spiro atoms. The Bertz CT molecular complexity index is 430. The minimum atomic E-state index is -0.0129. The molecule has 1 amide bonds. The van der Waals surface area contributed by atoms with Crippen LogP contribution in [0.3, 0.4) is 0 Å². The predicted octanol–water partition coefficient (Wildman–Crippen LogP) is 4.17. The second kappa shape index (κ2) is 7.95. The maximum Gasteiger partial charge on any atom is 0.241 e. The lowest BCUT2D eigenvalue weighted by Gasteiger charge is -2.23. The van der Waals surface area contributed by atoms with Crippen molar-refractivity contribution in [2.24, 2.45) is 5.92 Å². The van der Waals surface area contributed by atoms with Crippen LogP contribution >= 0.6 is 11.3 Å². The highest BCUT2D eigenvalue weighted by Gasteiger charge is 2.39. The van der Waals surface area contributed by atoms with Gasteiger partial charge in [-0.3, -0.25) is 10.1 Å². The Morgan fingerprint density at radius 3 is 2.76 bits per heavy atom. The molecule has 0 aliphatic carbocycles. The van der Waals surface area contributed by atoms with Crippen LogP contribution in [0.4, 0.5) is 0 Å². The Labute approximate surface area is 132 Å². The monoisotopic (exact) mass is 308 g/mol. The summed E-state index contributed by atoms with van der Waals surface area (Å²) in [5.74, 6) is 0.825. The highest BCUT2D eigenvalue weighted by Crippen LogP contribution is 2.29. The summed E-state index contributed by atoms with van der Waals surface area (Å²) in [5.41, 5.74) is 1.23. The van der Waals surface area contributed by atoms with Gasteiger partial charge >= 0.3 is 0 Å². The van der Waals surface area contributed by atoms with Gasteiger partial charge in [0, 0.05) is 6.54 Å². The molecule has 4 heteroatoms. The number of rotatable bonds is 8. The van der Waals surface area contributed by atoms with Crippen molar-refractivity contribution in [2.45, 2.75) is 65.1 Å². The first-order valence-corrected chi connectivity index (χ1v) is 9.16. The number of unbranched alkanes of at least 4 members (excludes halogenated alkanes) is 3. The van der Waals surface area contributed by atoms with Gasteiger partial charge in [-0.15, -0.1) is 0 Å². The summed E-state index contributed by atoms with van der Waals surface area (Å²) >= 11 is 1.70. The van der Waals surface area contributed by atoms with Crippen LogP contribution in [-0.2, 0) is 4.79 Å². The SMILES string of the molecule is CCCCCCN1C(=O)C(CC(C)C)NC1c1ccsc1. The van der Waals surface area contributed by atoms with E-state index in [1.54, 1.807) is 11.3 Å². The zero-order valence-electron chi connectivity index (χ0n) is 13.5. The maximum atomic E-state index is 12.7. The Kier molecular flexibility index (Phi) is 6.24. The lowest BCUT2D eigenvalue weighted by Crippen LogP contribution is -2.32. The largest absolute Gasteiger partial charge is 0.322 e. The fourth-order valence-electron chi connectivity index (χ4n) is 2.97. The Balaban J connectivity index is 2.03. The quantitative estimate of drug-likeness (QED) is 0.731. The molecule has 21 heavy (non-hydrogen) atoms. The molecule has 1 fully saturated rings. The molecule has 1 saturated heterocycles. The maximum absolute atomic E-state index is 12.7. The lowest BCUT2D eigenvalue weighted by atomic mass is 10.0. The van der Waals surface area contributed by atoms with Crippen LogP contribution in [0, 0.1) is 5.92 Å². The van der Waals surface area contributed by atoms with Crippen molar-refractivity contribution in [1.29, 1.82) is 0 Å². The topological polar surface area (TPSA) is 32.3 Å². The normalized spacial score (nSPS) is 22.5. The van der Waals surface area contributed by atoms with E-state index in [2.05, 4.69) is 47.8 Å². The number of hydrogen-bond acceptors (Lipinski definition) is 3. The first-order valence-electron chi connectivity index (χ1n) is 8.22. The fourth-order valence-corrected chi connectivity index (χ4v) is 3.65. The number of carbonyl (C=O) groups is 1. The summed E-state index contributed by atoms with van der Waals surface area (Å²) in [6, 6.07) is 2.12. The first kappa shape index (κ1) is 16.5. The van der Waals surface area contributed by atoms with Crippen molar-refractivity contribution < 1.29 is 4.79 Å². The first-order chi connectivity index (χ1) is 10.1. The summed E-state index contributed by atoms with van der Waals surface area (Å²) in [6.45, 7) is 7.45. The molecular formula is C17H28N2OS. The van der Waals surface area contributed by atoms with Gasteiger partial charge in [-0.1, -0.05) is 40.0 Å². The number of nitrogens with zero attached hydrogens (tertiary/aromatic N) is 1. The number of nitrogens with one attached hydrogen (secondary N) is 1. The van der Waals surface area contributed by atoms with E-state index in [1.165, 1.54) is 24.8 Å². The minimum absolute atomic E-state index is 0.0129. The molecule has 0 radical (unpaired) electrons. The molecule has 0 aromatic carbocycles. The van der Waals surface area contributed by atoms with Crippen molar-refractivity contribution in [1.82, 2.24) is 10.2 Å². The smallest absolute Gasteiger partial charge is 0.241 e. The summed E-state index contributed by atoms with van der Waals surface area (Å²) in [7, 11) is 0. The van der Waals surface area contributed by atoms with E-state index in [0.29, 0.717) is 5.92 Å². The van der Waals surface area contributed by atoms with Gasteiger partial charge in [0.1, 0.15) is 6.17 Å². The van der Waals surface area contributed by atoms with E-state index in [1.807, 2.05) is 0 Å². The van der Waals surface area contributed by atoms with Gasteiger partial charge in [0.2, 0.25) is 5.91 Å². The third-order valence-corrected chi connectivity index (χ3v) is 4.77. The van der Waals surface area contributed by atoms with Gasteiger partial charge < -0.3 is 4.90 Å². The zero-order chi connectivity index (χ0) is 15.2. The summed E-state index contributed by atoms with van der Waals surface area (Å²) < 4.78 is 0. The van der Waals surface area contributed by atoms with Crippen molar-refractivity contribution in [3.8, 4) is 0 Å². The second-order valence-electron chi connectivity index (χ2n) is 6.40. The number of carbonyl (C=O) groups excluding carboxylic acids is 1. The molecule has 1 aliphatic rings. The van der Waals surface area contributed by atoms with Crippen LogP contribution in [-0.4, -0.2) is 23.4 Å². The van der Waals surface area contributed by atoms with Crippen LogP contribution in [0.1, 0.15) is 64.6 Å². The van der Waals surface area contributed by atoms with Gasteiger partial charge in [0.05, 0.1) is 6.04 Å². The van der Waals surface area contributed by atoms with Crippen LogP contribution in [0.5, 0.6) is 0 Å². The molecule has 1 N–H and O–H groups in total. The highest BCUT2D eigenvalue weighted by molar-refractivity contribution is 7.07. The molecule has 0 saturated carbocycles. The van der Waals surface area contributed by atoms with Crippen molar-refractivity contribution in [3.05, 3.63) is 22.4 Å². The van der Waals surface area contributed by atoms with Gasteiger partial charge in [-0.25, -0.2) is 0 Å². The van der Waals surface area contributed by atoms with Gasteiger partial charge in [0.25, 0.3) is 0 Å². The average molecular weight is 308 g/mol. The summed E-state index contributed by atoms with van der Waals surface area (Å²) in [5, 5.41) is 7.79. The van der Waals surface area contributed by atoms with Crippen LogP contribution in [0.15, 0.2) is 16.8 Å². The third kappa shape index (κ3) is 4.30. The molecule has 1 aromatic heterocycles. The molecule has 118 valence electrons. The van der Waals surface area contributed by atoms with Gasteiger partial charge in [-0.05, 0) is 41.1 Å². The zero-order valence-corrected chi connectivity index (χ0v) is 14.3. The van der Waals surface area contributed by atoms with E-state index in [0.717, 1.165) is 19.4 Å². The molecule has 2 rings (SSSR count). The average Bonchev–Trinajstić information content (AvgIpc) is 3.05. The number of hydrogen-bond donors (Lipinski definition) is 1. The predicted molar refractivity (Wildman–Crippen MR) is 89.3 cm³/mol. The fraction of sp³-hybridized carbons (Fsp3) is 0.706. The Morgan fingerprint density at radius 2 is 2.14 bits per heavy atom. The number of thiophene rings is 1. The summed E-state index contributed by atoms with van der Waals surface area (Å²) in [4.78, 5) is 14.7. The van der Waals surface area contributed by atoms with Crippen LogP contribution in [0.2, 0.25) is 0 Å². The minimum Gasteiger partial charge on any atom is -0.322 e. The molecule has 1 aliphatic heterocycles. The highest BCUT2D eigenvalue weighted by atomic mass is 32.1. The van der Waals surface area contributed by atoms with E-state index in [4.69, 9.17) is 0 Å². The van der Waals surface area contributed by atoms with Crippen molar-refractivity contribution in [2.75, 3.05) is 6.54 Å². The van der Waals surface area contributed by atoms with E-state index in [9.17, 15) is 4.79 Å². The standard InChI is InChI=1S/C17H28N2OS/c1-4-5-6-7-9-19-16(14-8-10-21-12-14)18-15(17(19)20)11-13(2)3/h8,10,12-13,15-16,18H,4-7,9,11H2,1-3H3. The van der Waals surface area contributed by atoms with Gasteiger partial charge in [0.15, 0.2) is 0 Å². The summed E-state index contributed by atoms with van der Waals surface area (Å²) in [6.07, 6.45) is 5.81. The van der Waals surface area contributed by atoms with Gasteiger partial charge in [-0.2, -0.15) is 11.3 Å². The molecule has 3 nitrogen and oxygen atoms in total. The Hall–Kier alpha value is -0.870. The molecule has 1 aromatic rings. The molecule has 2 heterocycles.